The number of nitrogen functional groups attached to an aromatic ring is 1. The van der Waals surface area contributed by atoms with E-state index in [1.165, 1.54) is 19.2 Å². The number of methoxy groups -OCH3 is 1. The van der Waals surface area contributed by atoms with Crippen LogP contribution in [0.15, 0.2) is 24.4 Å². The number of fused-ring (bicyclic) bond motifs is 1. The minimum Gasteiger partial charge on any atom is -0.496 e. The van der Waals surface area contributed by atoms with E-state index in [1.807, 2.05) is 0 Å². The monoisotopic (exact) mass is 414 g/mol. The van der Waals surface area contributed by atoms with Gasteiger partial charge < -0.3 is 26.0 Å². The van der Waals surface area contributed by atoms with Crippen LogP contribution in [0.2, 0.25) is 0 Å². The van der Waals surface area contributed by atoms with Crippen LogP contribution in [0.1, 0.15) is 42.1 Å². The quantitative estimate of drug-likeness (QED) is 0.391. The first-order chi connectivity index (χ1) is 14.5. The number of benzene rings is 1. The lowest BCUT2D eigenvalue weighted by Gasteiger charge is -2.19. The summed E-state index contributed by atoms with van der Waals surface area (Å²) in [6, 6.07) is 4.74. The van der Waals surface area contributed by atoms with Gasteiger partial charge in [-0.1, -0.05) is 19.4 Å². The smallest absolute Gasteiger partial charge is 0.335 e. The molecule has 3 rings (SSSR count). The molecule has 2 aromatic heterocycles. The number of hydrogen-bond acceptors (Lipinski definition) is 8. The number of aliphatic hydroxyl groups is 1. The summed E-state index contributed by atoms with van der Waals surface area (Å²) < 4.78 is 7.10. The van der Waals surface area contributed by atoms with Gasteiger partial charge in [0.25, 0.3) is 0 Å². The molecule has 0 aliphatic carbocycles. The molecule has 10 nitrogen and oxygen atoms in total. The molecule has 0 radical (unpaired) electrons. The van der Waals surface area contributed by atoms with E-state index in [9.17, 15) is 15.0 Å². The van der Waals surface area contributed by atoms with Crippen molar-refractivity contribution in [3.8, 4) is 5.75 Å². The van der Waals surface area contributed by atoms with Crippen molar-refractivity contribution in [2.24, 2.45) is 0 Å². The summed E-state index contributed by atoms with van der Waals surface area (Å²) >= 11 is 0. The van der Waals surface area contributed by atoms with E-state index in [0.29, 0.717) is 35.6 Å². The molecule has 1 atom stereocenters. The van der Waals surface area contributed by atoms with Crippen LogP contribution in [0.5, 0.6) is 5.75 Å². The number of nitrogens with zero attached hydrogens (tertiary/aromatic N) is 4. The highest BCUT2D eigenvalue weighted by molar-refractivity contribution is 5.88. The van der Waals surface area contributed by atoms with Gasteiger partial charge in [0.1, 0.15) is 16.8 Å². The fourth-order valence-corrected chi connectivity index (χ4v) is 3.39. The molecule has 160 valence electrons. The van der Waals surface area contributed by atoms with Crippen LogP contribution < -0.4 is 15.8 Å². The highest BCUT2D eigenvalue weighted by atomic mass is 16.5. The largest absolute Gasteiger partial charge is 0.496 e. The molecule has 5 N–H and O–H groups in total. The third-order valence-electron chi connectivity index (χ3n) is 4.82. The summed E-state index contributed by atoms with van der Waals surface area (Å²) in [5.41, 5.74) is 8.04. The van der Waals surface area contributed by atoms with Crippen LogP contribution in [-0.2, 0) is 6.54 Å². The van der Waals surface area contributed by atoms with Gasteiger partial charge in [-0.3, -0.25) is 4.68 Å². The minimum atomic E-state index is -1.02. The number of carboxylic acids is 1. The van der Waals surface area contributed by atoms with Crippen molar-refractivity contribution in [1.29, 1.82) is 0 Å². The third-order valence-corrected chi connectivity index (χ3v) is 4.82. The summed E-state index contributed by atoms with van der Waals surface area (Å²) in [4.78, 5) is 19.9. The molecular weight excluding hydrogens is 388 g/mol. The number of rotatable bonds is 10. The van der Waals surface area contributed by atoms with Gasteiger partial charge in [0, 0.05) is 18.2 Å². The molecule has 10 heteroatoms. The van der Waals surface area contributed by atoms with Crippen LogP contribution in [0.25, 0.3) is 11.0 Å². The Balaban J connectivity index is 2.00. The number of nitrogens with one attached hydrogen (secondary N) is 1. The fraction of sp³-hybridized carbons (Fsp3) is 0.400. The van der Waals surface area contributed by atoms with Crippen molar-refractivity contribution in [2.75, 3.05) is 24.8 Å². The van der Waals surface area contributed by atoms with Crippen LogP contribution in [-0.4, -0.2) is 55.7 Å². The zero-order chi connectivity index (χ0) is 21.7. The number of hydrogen-bond donors (Lipinski definition) is 4. The number of ether oxygens (including phenoxy) is 1. The van der Waals surface area contributed by atoms with Gasteiger partial charge in [-0.25, -0.2) is 9.78 Å². The Bertz CT molecular complexity index is 1030. The molecule has 0 aliphatic rings. The maximum atomic E-state index is 11.2. The highest BCUT2D eigenvalue weighted by Crippen LogP contribution is 2.27. The molecule has 0 saturated carbocycles. The Morgan fingerprint density at radius 3 is 2.80 bits per heavy atom. The summed E-state index contributed by atoms with van der Waals surface area (Å²) in [7, 11) is 1.49. The lowest BCUT2D eigenvalue weighted by Crippen LogP contribution is -2.22. The van der Waals surface area contributed by atoms with Gasteiger partial charge >= 0.3 is 5.97 Å². The van der Waals surface area contributed by atoms with Crippen molar-refractivity contribution >= 4 is 28.8 Å². The van der Waals surface area contributed by atoms with Gasteiger partial charge in [-0.2, -0.15) is 10.1 Å². The Morgan fingerprint density at radius 2 is 2.13 bits per heavy atom. The predicted octanol–water partition coefficient (Wildman–Crippen LogP) is 2.13. The number of carboxylic acid groups (broad SMARTS) is 1. The second kappa shape index (κ2) is 9.40. The van der Waals surface area contributed by atoms with E-state index in [1.54, 1.807) is 16.9 Å². The third kappa shape index (κ3) is 4.60. The first-order valence-electron chi connectivity index (χ1n) is 9.73. The topological polar surface area (TPSA) is 148 Å². The zero-order valence-electron chi connectivity index (χ0n) is 17.0. The lowest BCUT2D eigenvalue weighted by atomic mass is 10.1. The molecule has 0 aliphatic heterocycles. The van der Waals surface area contributed by atoms with Crippen molar-refractivity contribution in [3.05, 3.63) is 35.5 Å². The van der Waals surface area contributed by atoms with Crippen LogP contribution in [0, 0.1) is 0 Å². The Kier molecular flexibility index (Phi) is 6.68. The Labute approximate surface area is 173 Å². The van der Waals surface area contributed by atoms with E-state index in [2.05, 4.69) is 27.3 Å². The summed E-state index contributed by atoms with van der Waals surface area (Å²) in [6.07, 6.45) is 4.01. The second-order valence-electron chi connectivity index (χ2n) is 6.94. The Morgan fingerprint density at radius 1 is 1.33 bits per heavy atom. The zero-order valence-corrected chi connectivity index (χ0v) is 17.0. The van der Waals surface area contributed by atoms with Crippen LogP contribution in [0.4, 0.5) is 11.8 Å². The lowest BCUT2D eigenvalue weighted by molar-refractivity contribution is 0.0696. The van der Waals surface area contributed by atoms with E-state index in [-0.39, 0.29) is 24.2 Å². The number of aliphatic hydroxyl groups excluding tert-OH is 1. The number of nitrogens with two attached hydrogens (primary N) is 1. The molecule has 1 unspecified atom stereocenters. The van der Waals surface area contributed by atoms with E-state index < -0.39 is 5.97 Å². The predicted molar refractivity (Wildman–Crippen MR) is 113 cm³/mol. The van der Waals surface area contributed by atoms with Gasteiger partial charge in [0.15, 0.2) is 5.82 Å². The van der Waals surface area contributed by atoms with Crippen LogP contribution in [0.3, 0.4) is 0 Å². The maximum absolute atomic E-state index is 11.2. The van der Waals surface area contributed by atoms with E-state index in [0.717, 1.165) is 18.4 Å². The Hall–Kier alpha value is -3.40. The van der Waals surface area contributed by atoms with Crippen molar-refractivity contribution < 1.29 is 19.7 Å². The average Bonchev–Trinajstić information content (AvgIpc) is 3.11. The summed E-state index contributed by atoms with van der Waals surface area (Å²) in [6.45, 7) is 2.47. The van der Waals surface area contributed by atoms with Crippen LogP contribution >= 0.6 is 0 Å². The second-order valence-corrected chi connectivity index (χ2v) is 6.94. The molecule has 0 fully saturated rings. The minimum absolute atomic E-state index is 0.0326. The molecule has 0 saturated heterocycles. The van der Waals surface area contributed by atoms with E-state index in [4.69, 9.17) is 10.5 Å². The van der Waals surface area contributed by atoms with Crippen molar-refractivity contribution in [1.82, 2.24) is 19.7 Å². The number of aromatic carboxylic acids is 1. The number of aromatic nitrogens is 4. The molecule has 3 aromatic rings. The molecule has 0 amide bonds. The summed E-state index contributed by atoms with van der Waals surface area (Å²) in [5.74, 6) is 0.106. The normalized spacial score (nSPS) is 12.1. The molecule has 30 heavy (non-hydrogen) atoms. The summed E-state index contributed by atoms with van der Waals surface area (Å²) in [5, 5.41) is 26.4. The number of carbonyl (C=O) groups is 1. The first kappa shape index (κ1) is 21.3. The van der Waals surface area contributed by atoms with Gasteiger partial charge in [0.05, 0.1) is 25.4 Å². The average molecular weight is 414 g/mol. The van der Waals surface area contributed by atoms with Gasteiger partial charge in [0.2, 0.25) is 5.95 Å². The maximum Gasteiger partial charge on any atom is 0.335 e. The first-order valence-corrected chi connectivity index (χ1v) is 9.73. The SMILES string of the molecule is CCCC(CCO)Nc1nc(N)nc2cnn(Cc3ccc(C(=O)O)cc3OC)c12. The highest BCUT2D eigenvalue weighted by Gasteiger charge is 2.18. The van der Waals surface area contributed by atoms with Crippen molar-refractivity contribution in [3.63, 3.8) is 0 Å². The number of anilines is 2. The standard InChI is InChI=1S/C20H26N6O4/c1-3-4-14(7-8-27)23-18-17-15(24-20(21)25-18)10-22-26(17)11-13-6-5-12(19(28)29)9-16(13)30-2/h5-6,9-10,14,27H,3-4,7-8,11H2,1-2H3,(H,28,29)(H3,21,23,24,25). The van der Waals surface area contributed by atoms with E-state index >= 15 is 0 Å². The fourth-order valence-electron chi connectivity index (χ4n) is 3.39. The van der Waals surface area contributed by atoms with Gasteiger partial charge in [-0.15, -0.1) is 0 Å². The van der Waals surface area contributed by atoms with Crippen molar-refractivity contribution in [2.45, 2.75) is 38.8 Å². The van der Waals surface area contributed by atoms with Gasteiger partial charge in [-0.05, 0) is 25.0 Å². The molecule has 2 heterocycles. The molecule has 0 bridgehead atoms. The molecule has 1 aromatic carbocycles. The molecule has 0 spiro atoms. The molecular formula is C20H26N6O4.